The van der Waals surface area contributed by atoms with Crippen LogP contribution in [0, 0.1) is 22.7 Å². The van der Waals surface area contributed by atoms with Crippen LogP contribution >= 0.6 is 0 Å². The highest BCUT2D eigenvalue weighted by atomic mass is 16.7. The van der Waals surface area contributed by atoms with Crippen LogP contribution in [0.15, 0.2) is 58.8 Å². The first-order valence-corrected chi connectivity index (χ1v) is 14.3. The molecule has 0 saturated heterocycles. The van der Waals surface area contributed by atoms with Crippen LogP contribution in [-0.4, -0.2) is 80.0 Å². The number of aromatic nitrogens is 4. The largest absolute Gasteiger partial charge is 0.479 e. The van der Waals surface area contributed by atoms with E-state index >= 15 is 0 Å². The summed E-state index contributed by atoms with van der Waals surface area (Å²) in [5.41, 5.74) is 13.9. The molecule has 2 heterocycles. The molecule has 0 saturated carbocycles. The maximum Gasteiger partial charge on any atom is 0.347 e. The number of carbonyl (C=O) groups excluding carboxylic acids is 3. The van der Waals surface area contributed by atoms with Crippen molar-refractivity contribution in [3.05, 3.63) is 93.8 Å². The van der Waals surface area contributed by atoms with Crippen LogP contribution in [0.25, 0.3) is 22.5 Å². The Morgan fingerprint density at radius 2 is 1.12 bits per heavy atom. The van der Waals surface area contributed by atoms with E-state index in [4.69, 9.17) is 36.2 Å². The number of benzene rings is 2. The molecule has 0 fully saturated rings. The summed E-state index contributed by atoms with van der Waals surface area (Å²) in [6.45, 7) is 0.922. The Morgan fingerprint density at radius 1 is 0.700 bits per heavy atom. The SMILES string of the molecule is CCOC(=O)CON=C1c2ccccc2-c2nc(C(N)=O)c(C#N)nc21.N#Cc1nc2c(nc1C(N)=O)-c1ccccc1C2=NOCC(=O)O. The normalized spacial score (nSPS) is 12.9. The van der Waals surface area contributed by atoms with Gasteiger partial charge >= 0.3 is 11.9 Å². The third-order valence-electron chi connectivity index (χ3n) is 6.78. The average Bonchev–Trinajstić information content (AvgIpc) is 3.58. The van der Waals surface area contributed by atoms with Gasteiger partial charge in [0.1, 0.15) is 46.3 Å². The summed E-state index contributed by atoms with van der Waals surface area (Å²) in [7, 11) is 0. The predicted molar refractivity (Wildman–Crippen MR) is 169 cm³/mol. The fraction of sp³-hybridized carbons (Fsp3) is 0.125. The molecule has 0 aliphatic heterocycles. The molecule has 6 rings (SSSR count). The highest BCUT2D eigenvalue weighted by Crippen LogP contribution is 2.36. The van der Waals surface area contributed by atoms with Crippen LogP contribution in [-0.2, 0) is 24.0 Å². The summed E-state index contributed by atoms with van der Waals surface area (Å²) in [4.78, 5) is 71.5. The Kier molecular flexibility index (Phi) is 9.75. The zero-order valence-corrected chi connectivity index (χ0v) is 25.8. The molecular formula is C32H22N10O8. The minimum atomic E-state index is -1.18. The lowest BCUT2D eigenvalue weighted by atomic mass is 10.1. The Hall–Kier alpha value is -7.60. The summed E-state index contributed by atoms with van der Waals surface area (Å²) in [5, 5.41) is 34.8. The number of fused-ring (bicyclic) bond motifs is 6. The summed E-state index contributed by atoms with van der Waals surface area (Å²) >= 11 is 0. The van der Waals surface area contributed by atoms with Gasteiger partial charge in [0.2, 0.25) is 13.2 Å². The van der Waals surface area contributed by atoms with E-state index in [1.807, 2.05) is 0 Å². The molecule has 50 heavy (non-hydrogen) atoms. The van der Waals surface area contributed by atoms with Crippen LogP contribution in [0.5, 0.6) is 0 Å². The van der Waals surface area contributed by atoms with Gasteiger partial charge in [0.05, 0.1) is 6.61 Å². The van der Waals surface area contributed by atoms with E-state index in [1.165, 1.54) is 0 Å². The standard InChI is InChI=1S/C17H13N5O4.C15H9N5O4/c1-2-25-12(23)8-26-22-14-10-6-4-3-5-9(10)13-16(14)20-11(7-18)15(21-13)17(19)24;16-5-9-13(15(17)23)19-11-7-3-1-2-4-8(7)12(14(11)18-9)20-24-6-10(21)22/h3-6H,2,8H2,1H3,(H2,19,24);1-4H,6H2,(H2,17,23)(H,21,22). The molecule has 2 amide bonds. The molecule has 2 aromatic carbocycles. The third-order valence-corrected chi connectivity index (χ3v) is 6.78. The van der Waals surface area contributed by atoms with Gasteiger partial charge in [-0.05, 0) is 6.92 Å². The second-order valence-corrected chi connectivity index (χ2v) is 9.90. The molecule has 0 bridgehead atoms. The summed E-state index contributed by atoms with van der Waals surface area (Å²) < 4.78 is 4.77. The lowest BCUT2D eigenvalue weighted by Gasteiger charge is -2.04. The van der Waals surface area contributed by atoms with Crippen molar-refractivity contribution in [2.45, 2.75) is 6.92 Å². The van der Waals surface area contributed by atoms with Gasteiger partial charge in [-0.2, -0.15) is 10.5 Å². The fourth-order valence-corrected chi connectivity index (χ4v) is 4.81. The molecule has 4 aromatic rings. The van der Waals surface area contributed by atoms with Crippen molar-refractivity contribution < 1.29 is 38.7 Å². The molecule has 18 heteroatoms. The number of nitrogens with zero attached hydrogens (tertiary/aromatic N) is 8. The van der Waals surface area contributed by atoms with E-state index in [1.54, 1.807) is 67.6 Å². The maximum atomic E-state index is 11.5. The first-order chi connectivity index (χ1) is 24.1. The van der Waals surface area contributed by atoms with Crippen molar-refractivity contribution in [1.29, 1.82) is 10.5 Å². The highest BCUT2D eigenvalue weighted by molar-refractivity contribution is 6.23. The summed E-state index contributed by atoms with van der Waals surface area (Å²) in [6.07, 6.45) is 0. The van der Waals surface area contributed by atoms with Gasteiger partial charge in [-0.3, -0.25) is 9.59 Å². The van der Waals surface area contributed by atoms with E-state index in [0.29, 0.717) is 39.4 Å². The van der Waals surface area contributed by atoms with Crippen LogP contribution in [0.1, 0.15) is 61.8 Å². The molecule has 18 nitrogen and oxygen atoms in total. The number of ether oxygens (including phenoxy) is 1. The first kappa shape index (κ1) is 33.8. The number of oxime groups is 2. The lowest BCUT2D eigenvalue weighted by Crippen LogP contribution is -2.18. The zero-order chi connectivity index (χ0) is 35.9. The van der Waals surface area contributed by atoms with Gasteiger partial charge in [0, 0.05) is 22.3 Å². The number of carboxylic acid groups (broad SMARTS) is 1. The van der Waals surface area contributed by atoms with Gasteiger partial charge in [0.25, 0.3) is 11.8 Å². The zero-order valence-electron chi connectivity index (χ0n) is 25.8. The molecule has 5 N–H and O–H groups in total. The number of rotatable bonds is 9. The van der Waals surface area contributed by atoms with Gasteiger partial charge in [-0.25, -0.2) is 29.5 Å². The van der Waals surface area contributed by atoms with Crippen LogP contribution in [0.2, 0.25) is 0 Å². The van der Waals surface area contributed by atoms with E-state index < -0.39 is 30.4 Å². The summed E-state index contributed by atoms with van der Waals surface area (Å²) in [5.74, 6) is -3.46. The molecule has 2 aromatic heterocycles. The van der Waals surface area contributed by atoms with Crippen molar-refractivity contribution >= 4 is 35.2 Å². The second kappa shape index (κ2) is 14.4. The van der Waals surface area contributed by atoms with Crippen molar-refractivity contribution in [3.63, 3.8) is 0 Å². The van der Waals surface area contributed by atoms with Crippen LogP contribution < -0.4 is 11.5 Å². The number of primary amides is 2. The van der Waals surface area contributed by atoms with Gasteiger partial charge in [0.15, 0.2) is 22.8 Å². The van der Waals surface area contributed by atoms with Gasteiger partial charge in [-0.15, -0.1) is 0 Å². The number of carbonyl (C=O) groups is 4. The van der Waals surface area contributed by atoms with Crippen molar-refractivity contribution in [1.82, 2.24) is 19.9 Å². The lowest BCUT2D eigenvalue weighted by molar-refractivity contribution is -0.148. The number of nitrogens with two attached hydrogens (primary N) is 2. The molecule has 0 atom stereocenters. The van der Waals surface area contributed by atoms with E-state index in [2.05, 4.69) is 30.2 Å². The van der Waals surface area contributed by atoms with Crippen molar-refractivity contribution in [3.8, 4) is 34.7 Å². The average molecular weight is 675 g/mol. The van der Waals surface area contributed by atoms with Gasteiger partial charge in [-0.1, -0.05) is 58.8 Å². The molecule has 248 valence electrons. The Labute approximate surface area is 281 Å². The van der Waals surface area contributed by atoms with E-state index in [0.717, 1.165) is 0 Å². The third kappa shape index (κ3) is 6.61. The number of amides is 2. The Morgan fingerprint density at radius 3 is 1.50 bits per heavy atom. The van der Waals surface area contributed by atoms with Crippen molar-refractivity contribution in [2.75, 3.05) is 19.8 Å². The Balaban J connectivity index is 0.000000195. The highest BCUT2D eigenvalue weighted by Gasteiger charge is 2.32. The smallest absolute Gasteiger partial charge is 0.347 e. The minimum absolute atomic E-state index is 0.206. The van der Waals surface area contributed by atoms with E-state index in [9.17, 15) is 24.4 Å². The molecular weight excluding hydrogens is 652 g/mol. The topological polar surface area (TPSA) is 292 Å². The molecule has 0 spiro atoms. The number of nitriles is 2. The molecule has 0 unspecified atom stereocenters. The van der Waals surface area contributed by atoms with Gasteiger partial charge < -0.3 is 31.0 Å². The van der Waals surface area contributed by atoms with Crippen molar-refractivity contribution in [2.24, 2.45) is 21.8 Å². The first-order valence-electron chi connectivity index (χ1n) is 14.3. The number of hydrogen-bond donors (Lipinski definition) is 3. The predicted octanol–water partition coefficient (Wildman–Crippen LogP) is 1.04. The minimum Gasteiger partial charge on any atom is -0.479 e. The maximum absolute atomic E-state index is 11.5. The summed E-state index contributed by atoms with van der Waals surface area (Å²) in [6, 6.07) is 17.6. The number of aliphatic carboxylic acids is 1. The molecule has 0 radical (unpaired) electrons. The van der Waals surface area contributed by atoms with Crippen LogP contribution in [0.3, 0.4) is 0 Å². The monoisotopic (exact) mass is 674 g/mol. The molecule has 2 aliphatic rings. The number of esters is 1. The number of carboxylic acids is 1. The quantitative estimate of drug-likeness (QED) is 0.143. The molecule has 2 aliphatic carbocycles. The number of hydrogen-bond acceptors (Lipinski definition) is 15. The fourth-order valence-electron chi connectivity index (χ4n) is 4.81. The van der Waals surface area contributed by atoms with E-state index in [-0.39, 0.29) is 53.1 Å². The second-order valence-electron chi connectivity index (χ2n) is 9.90. The Bertz CT molecular complexity index is 2240. The van der Waals surface area contributed by atoms with Crippen LogP contribution in [0.4, 0.5) is 0 Å².